The number of carbonyl (C=O) groups is 3. The molecular formula is C26H34N2O4. The van der Waals surface area contributed by atoms with Gasteiger partial charge in [0.05, 0.1) is 0 Å². The van der Waals surface area contributed by atoms with Gasteiger partial charge in [-0.2, -0.15) is 0 Å². The summed E-state index contributed by atoms with van der Waals surface area (Å²) in [6.07, 6.45) is 10.2. The zero-order valence-corrected chi connectivity index (χ0v) is 19.0. The molecule has 6 nitrogen and oxygen atoms in total. The maximum atomic E-state index is 12.9. The summed E-state index contributed by atoms with van der Waals surface area (Å²) < 4.78 is 5.10. The minimum Gasteiger partial charge on any atom is -0.427 e. The summed E-state index contributed by atoms with van der Waals surface area (Å²) in [5.41, 5.74) is 0.788. The van der Waals surface area contributed by atoms with Crippen LogP contribution in [0, 0.1) is 23.2 Å². The molecule has 4 aliphatic carbocycles. The summed E-state index contributed by atoms with van der Waals surface area (Å²) in [5.74, 6) is 2.73. The molecule has 4 saturated carbocycles. The van der Waals surface area contributed by atoms with Crippen LogP contribution in [-0.4, -0.2) is 41.8 Å². The highest BCUT2D eigenvalue weighted by atomic mass is 16.5. The molecule has 6 rings (SSSR count). The van der Waals surface area contributed by atoms with Gasteiger partial charge in [0.1, 0.15) is 5.75 Å². The van der Waals surface area contributed by atoms with Crippen LogP contribution in [0.5, 0.6) is 5.75 Å². The van der Waals surface area contributed by atoms with Crippen molar-refractivity contribution in [2.45, 2.75) is 70.8 Å². The van der Waals surface area contributed by atoms with Crippen LogP contribution in [0.3, 0.4) is 0 Å². The van der Waals surface area contributed by atoms with E-state index < -0.39 is 5.97 Å². The van der Waals surface area contributed by atoms with E-state index in [-0.39, 0.29) is 23.3 Å². The third-order valence-electron chi connectivity index (χ3n) is 8.19. The Hall–Kier alpha value is -2.37. The third kappa shape index (κ3) is 4.55. The maximum Gasteiger partial charge on any atom is 0.308 e. The summed E-state index contributed by atoms with van der Waals surface area (Å²) in [4.78, 5) is 38.8. The fourth-order valence-electron chi connectivity index (χ4n) is 7.39. The Morgan fingerprint density at radius 2 is 1.66 bits per heavy atom. The van der Waals surface area contributed by atoms with Gasteiger partial charge >= 0.3 is 5.97 Å². The number of ether oxygens (including phenoxy) is 1. The number of carbonyl (C=O) groups excluding carboxylic acids is 3. The fourth-order valence-corrected chi connectivity index (χ4v) is 7.39. The number of piperidine rings is 1. The van der Waals surface area contributed by atoms with E-state index in [1.165, 1.54) is 45.4 Å². The van der Waals surface area contributed by atoms with Crippen molar-refractivity contribution in [3.8, 4) is 5.75 Å². The summed E-state index contributed by atoms with van der Waals surface area (Å²) in [7, 11) is 0. The standard InChI is InChI=1S/C26H34N2O4/c1-17(29)32-23-4-2-3-21(12-23)25(31)28-7-5-22(6-8-28)27-24(30)16-26-13-18-9-19(14-26)11-20(10-18)15-26/h2-4,12,18-20,22H,5-11,13-16H2,1H3,(H,27,30). The highest BCUT2D eigenvalue weighted by molar-refractivity contribution is 5.94. The predicted octanol–water partition coefficient (Wildman–Crippen LogP) is 3.94. The zero-order valence-electron chi connectivity index (χ0n) is 19.0. The largest absolute Gasteiger partial charge is 0.427 e. The highest BCUT2D eigenvalue weighted by Gasteiger charge is 2.51. The number of benzene rings is 1. The fraction of sp³-hybridized carbons (Fsp3) is 0.654. The molecule has 0 aromatic heterocycles. The maximum absolute atomic E-state index is 12.9. The van der Waals surface area contributed by atoms with Crippen LogP contribution in [0.15, 0.2) is 24.3 Å². The SMILES string of the molecule is CC(=O)Oc1cccc(C(=O)N2CCC(NC(=O)CC34CC5CC(CC(C5)C3)C4)CC2)c1. The van der Waals surface area contributed by atoms with Gasteiger partial charge in [-0.1, -0.05) is 6.07 Å². The second kappa shape index (κ2) is 8.53. The molecule has 172 valence electrons. The second-order valence-corrected chi connectivity index (χ2v) is 10.8. The van der Waals surface area contributed by atoms with Gasteiger partial charge in [-0.05, 0) is 92.7 Å². The monoisotopic (exact) mass is 438 g/mol. The first kappa shape index (κ1) is 21.5. The molecule has 0 unspecified atom stereocenters. The molecule has 1 heterocycles. The van der Waals surface area contributed by atoms with Crippen molar-refractivity contribution in [1.82, 2.24) is 10.2 Å². The van der Waals surface area contributed by atoms with Crippen LogP contribution >= 0.6 is 0 Å². The molecule has 1 saturated heterocycles. The highest BCUT2D eigenvalue weighted by Crippen LogP contribution is 2.61. The molecule has 0 spiro atoms. The minimum atomic E-state index is -0.403. The average molecular weight is 439 g/mol. The van der Waals surface area contributed by atoms with Crippen molar-refractivity contribution in [1.29, 1.82) is 0 Å². The molecule has 1 aliphatic heterocycles. The van der Waals surface area contributed by atoms with E-state index in [2.05, 4.69) is 5.32 Å². The van der Waals surface area contributed by atoms with Crippen molar-refractivity contribution in [3.63, 3.8) is 0 Å². The van der Waals surface area contributed by atoms with Crippen molar-refractivity contribution in [2.24, 2.45) is 23.2 Å². The van der Waals surface area contributed by atoms with Crippen molar-refractivity contribution >= 4 is 17.8 Å². The first-order chi connectivity index (χ1) is 15.4. The van der Waals surface area contributed by atoms with Crippen LogP contribution in [0.2, 0.25) is 0 Å². The van der Waals surface area contributed by atoms with Crippen LogP contribution < -0.4 is 10.1 Å². The smallest absolute Gasteiger partial charge is 0.308 e. The number of hydrogen-bond acceptors (Lipinski definition) is 4. The second-order valence-electron chi connectivity index (χ2n) is 10.8. The van der Waals surface area contributed by atoms with E-state index in [9.17, 15) is 14.4 Å². The first-order valence-electron chi connectivity index (χ1n) is 12.2. The lowest BCUT2D eigenvalue weighted by Gasteiger charge is -2.56. The van der Waals surface area contributed by atoms with Crippen LogP contribution in [0.25, 0.3) is 0 Å². The molecule has 2 amide bonds. The van der Waals surface area contributed by atoms with Crippen molar-refractivity contribution in [3.05, 3.63) is 29.8 Å². The number of hydrogen-bond donors (Lipinski definition) is 1. The Bertz CT molecular complexity index is 868. The van der Waals surface area contributed by atoms with E-state index in [1.54, 1.807) is 24.3 Å². The van der Waals surface area contributed by atoms with Crippen molar-refractivity contribution in [2.75, 3.05) is 13.1 Å². The van der Waals surface area contributed by atoms with Gasteiger partial charge in [-0.15, -0.1) is 0 Å². The van der Waals surface area contributed by atoms with Gasteiger partial charge in [0.2, 0.25) is 5.91 Å². The molecule has 5 fully saturated rings. The van der Waals surface area contributed by atoms with Gasteiger partial charge in [0.25, 0.3) is 5.91 Å². The quantitative estimate of drug-likeness (QED) is 0.558. The molecule has 1 N–H and O–H groups in total. The van der Waals surface area contributed by atoms with E-state index in [1.807, 2.05) is 4.90 Å². The van der Waals surface area contributed by atoms with Crippen LogP contribution in [-0.2, 0) is 9.59 Å². The third-order valence-corrected chi connectivity index (χ3v) is 8.19. The molecule has 1 aromatic rings. The lowest BCUT2D eigenvalue weighted by molar-refractivity contribution is -0.132. The normalized spacial score (nSPS) is 31.4. The summed E-state index contributed by atoms with van der Waals surface area (Å²) in [5, 5.41) is 3.29. The van der Waals surface area contributed by atoms with Gasteiger partial charge in [0.15, 0.2) is 0 Å². The molecule has 1 aromatic carbocycles. The van der Waals surface area contributed by atoms with Gasteiger partial charge in [0, 0.05) is 38.0 Å². The van der Waals surface area contributed by atoms with E-state index in [0.29, 0.717) is 30.8 Å². The van der Waals surface area contributed by atoms with Gasteiger partial charge in [-0.3, -0.25) is 14.4 Å². The first-order valence-corrected chi connectivity index (χ1v) is 12.2. The molecule has 5 aliphatic rings. The Labute approximate surface area is 190 Å². The van der Waals surface area contributed by atoms with Crippen LogP contribution in [0.1, 0.15) is 75.1 Å². The Morgan fingerprint density at radius 3 is 2.25 bits per heavy atom. The molecule has 4 bridgehead atoms. The summed E-state index contributed by atoms with van der Waals surface area (Å²) in [6.45, 7) is 2.59. The molecule has 6 heteroatoms. The Kier molecular flexibility index (Phi) is 5.72. The van der Waals surface area contributed by atoms with E-state index in [4.69, 9.17) is 4.74 Å². The lowest BCUT2D eigenvalue weighted by atomic mass is 9.49. The average Bonchev–Trinajstić information content (AvgIpc) is 2.72. The number of nitrogens with zero attached hydrogens (tertiary/aromatic N) is 1. The number of nitrogens with one attached hydrogen (secondary N) is 1. The number of esters is 1. The lowest BCUT2D eigenvalue weighted by Crippen LogP contribution is -2.50. The van der Waals surface area contributed by atoms with E-state index in [0.717, 1.165) is 30.6 Å². The van der Waals surface area contributed by atoms with Gasteiger partial charge in [-0.25, -0.2) is 0 Å². The number of amides is 2. The molecule has 32 heavy (non-hydrogen) atoms. The van der Waals surface area contributed by atoms with E-state index >= 15 is 0 Å². The van der Waals surface area contributed by atoms with Crippen LogP contribution in [0.4, 0.5) is 0 Å². The summed E-state index contributed by atoms with van der Waals surface area (Å²) in [6, 6.07) is 6.90. The van der Waals surface area contributed by atoms with Crippen molar-refractivity contribution < 1.29 is 19.1 Å². The topological polar surface area (TPSA) is 75.7 Å². The molecule has 0 radical (unpaired) electrons. The zero-order chi connectivity index (χ0) is 22.3. The Morgan fingerprint density at radius 1 is 1.03 bits per heavy atom. The van der Waals surface area contributed by atoms with Gasteiger partial charge < -0.3 is 15.0 Å². The predicted molar refractivity (Wildman–Crippen MR) is 120 cm³/mol. The minimum absolute atomic E-state index is 0.0580. The number of rotatable bonds is 5. The molecular weight excluding hydrogens is 404 g/mol. The Balaban J connectivity index is 1.12. The number of likely N-dealkylation sites (tertiary alicyclic amines) is 1. The molecule has 0 atom stereocenters. The summed E-state index contributed by atoms with van der Waals surface area (Å²) >= 11 is 0.